The number of phenolic OH excluding ortho intramolecular Hbond substituents is 1. The molecule has 4 atom stereocenters. The van der Waals surface area contributed by atoms with Crippen molar-refractivity contribution in [2.45, 2.75) is 69.9 Å². The second kappa shape index (κ2) is 15.6. The molecule has 9 heteroatoms. The molecular formula is C44H51N5O4. The minimum Gasteiger partial charge on any atom is -0.508 e. The van der Waals surface area contributed by atoms with Gasteiger partial charge in [-0.1, -0.05) is 42.5 Å². The van der Waals surface area contributed by atoms with Crippen molar-refractivity contribution in [3.63, 3.8) is 0 Å². The molecule has 2 unspecified atom stereocenters. The van der Waals surface area contributed by atoms with Crippen LogP contribution in [0.25, 0.3) is 0 Å². The lowest BCUT2D eigenvalue weighted by atomic mass is 9.66. The third-order valence-corrected chi connectivity index (χ3v) is 12.3. The number of nitrogens with zero attached hydrogens (tertiary/aromatic N) is 2. The van der Waals surface area contributed by atoms with E-state index in [4.69, 9.17) is 0 Å². The van der Waals surface area contributed by atoms with Gasteiger partial charge in [0.2, 0.25) is 11.8 Å². The fraction of sp³-hybridized carbons (Fsp3) is 0.432. The van der Waals surface area contributed by atoms with Crippen LogP contribution in [0.5, 0.6) is 5.75 Å². The molecule has 3 aromatic carbocycles. The molecule has 0 radical (unpaired) electrons. The first kappa shape index (κ1) is 35.2. The number of fused-ring (bicyclic) bond motifs is 2. The molecule has 0 bridgehead atoms. The molecule has 276 valence electrons. The summed E-state index contributed by atoms with van der Waals surface area (Å²) in [6, 6.07) is 20.6. The van der Waals surface area contributed by atoms with Crippen LogP contribution in [0.15, 0.2) is 85.0 Å². The van der Waals surface area contributed by atoms with E-state index in [9.17, 15) is 19.5 Å². The molecule has 9 nitrogen and oxygen atoms in total. The summed E-state index contributed by atoms with van der Waals surface area (Å²) in [4.78, 5) is 41.0. The monoisotopic (exact) mass is 713 g/mol. The van der Waals surface area contributed by atoms with Crippen molar-refractivity contribution in [2.24, 2.45) is 17.8 Å². The highest BCUT2D eigenvalue weighted by Gasteiger charge is 2.39. The van der Waals surface area contributed by atoms with Crippen LogP contribution in [-0.2, 0) is 22.6 Å². The van der Waals surface area contributed by atoms with Crippen LogP contribution in [0.2, 0.25) is 0 Å². The highest BCUT2D eigenvalue weighted by molar-refractivity contribution is 6.05. The predicted molar refractivity (Wildman–Crippen MR) is 208 cm³/mol. The minimum absolute atomic E-state index is 0.144. The number of rotatable bonds is 11. The zero-order valence-electron chi connectivity index (χ0n) is 30.4. The first-order valence-electron chi connectivity index (χ1n) is 19.6. The number of aryl methyl sites for hydroxylation is 1. The molecule has 4 N–H and O–H groups in total. The number of allylic oxidation sites excluding steroid dienone is 4. The van der Waals surface area contributed by atoms with Gasteiger partial charge < -0.3 is 25.5 Å². The number of carbonyl (C=O) groups is 3. The maximum Gasteiger partial charge on any atom is 0.255 e. The molecule has 2 fully saturated rings. The van der Waals surface area contributed by atoms with Crippen molar-refractivity contribution in [3.05, 3.63) is 113 Å². The van der Waals surface area contributed by atoms with E-state index < -0.39 is 6.04 Å². The van der Waals surface area contributed by atoms with E-state index in [0.29, 0.717) is 42.0 Å². The summed E-state index contributed by atoms with van der Waals surface area (Å²) >= 11 is 0. The van der Waals surface area contributed by atoms with Gasteiger partial charge in [0.1, 0.15) is 11.8 Å². The molecule has 3 aromatic rings. The lowest BCUT2D eigenvalue weighted by Crippen LogP contribution is -2.52. The number of aromatic hydroxyl groups is 1. The third-order valence-electron chi connectivity index (χ3n) is 12.3. The van der Waals surface area contributed by atoms with Crippen LogP contribution in [0.1, 0.15) is 83.5 Å². The molecule has 0 aromatic heterocycles. The number of benzene rings is 3. The second-order valence-corrected chi connectivity index (χ2v) is 15.5. The highest BCUT2D eigenvalue weighted by Crippen LogP contribution is 2.47. The predicted octanol–water partition coefficient (Wildman–Crippen LogP) is 6.29. The summed E-state index contributed by atoms with van der Waals surface area (Å²) in [5.74, 6) is 1.70. The highest BCUT2D eigenvalue weighted by atomic mass is 16.3. The molecule has 8 rings (SSSR count). The quantitative estimate of drug-likeness (QED) is 0.137. The zero-order valence-corrected chi connectivity index (χ0v) is 30.4. The van der Waals surface area contributed by atoms with Gasteiger partial charge in [0.15, 0.2) is 0 Å². The average Bonchev–Trinajstić information content (AvgIpc) is 3.51. The molecule has 3 aliphatic heterocycles. The molecule has 3 heterocycles. The van der Waals surface area contributed by atoms with E-state index >= 15 is 0 Å². The lowest BCUT2D eigenvalue weighted by Gasteiger charge is -2.39. The Balaban J connectivity index is 0.775. The third kappa shape index (κ3) is 7.63. The largest absolute Gasteiger partial charge is 0.508 e. The van der Waals surface area contributed by atoms with Crippen molar-refractivity contribution in [3.8, 4) is 5.75 Å². The molecule has 0 spiro atoms. The number of piperidine rings is 2. The molecule has 53 heavy (non-hydrogen) atoms. The normalized spacial score (nSPS) is 24.3. The van der Waals surface area contributed by atoms with E-state index in [1.165, 1.54) is 41.6 Å². The fourth-order valence-corrected chi connectivity index (χ4v) is 9.42. The van der Waals surface area contributed by atoms with Gasteiger partial charge in [0, 0.05) is 62.0 Å². The number of nitrogens with one attached hydrogen (secondary N) is 3. The fourth-order valence-electron chi connectivity index (χ4n) is 9.42. The maximum absolute atomic E-state index is 13.0. The van der Waals surface area contributed by atoms with Gasteiger partial charge in [0.05, 0.1) is 0 Å². The van der Waals surface area contributed by atoms with Crippen molar-refractivity contribution >= 4 is 29.1 Å². The van der Waals surface area contributed by atoms with Crippen molar-refractivity contribution in [1.82, 2.24) is 15.5 Å². The summed E-state index contributed by atoms with van der Waals surface area (Å²) in [6.45, 7) is 5.18. The van der Waals surface area contributed by atoms with E-state index in [-0.39, 0.29) is 24.1 Å². The topological polar surface area (TPSA) is 114 Å². The Bertz CT molecular complexity index is 1900. The van der Waals surface area contributed by atoms with Gasteiger partial charge in [-0.2, -0.15) is 0 Å². The maximum atomic E-state index is 13.0. The summed E-state index contributed by atoms with van der Waals surface area (Å²) in [6.07, 6.45) is 16.5. The molecule has 2 saturated heterocycles. The summed E-state index contributed by atoms with van der Waals surface area (Å²) < 4.78 is 0. The number of phenols is 1. The van der Waals surface area contributed by atoms with Gasteiger partial charge in [-0.05, 0) is 134 Å². The van der Waals surface area contributed by atoms with E-state index in [0.717, 1.165) is 69.2 Å². The van der Waals surface area contributed by atoms with Crippen LogP contribution in [0.4, 0.5) is 11.4 Å². The van der Waals surface area contributed by atoms with Crippen molar-refractivity contribution in [2.75, 3.05) is 42.9 Å². The number of carbonyl (C=O) groups excluding carboxylic acids is 3. The van der Waals surface area contributed by atoms with Crippen molar-refractivity contribution in [1.29, 1.82) is 0 Å². The minimum atomic E-state index is -0.592. The second-order valence-electron chi connectivity index (χ2n) is 15.5. The van der Waals surface area contributed by atoms with Gasteiger partial charge in [-0.15, -0.1) is 0 Å². The van der Waals surface area contributed by atoms with Gasteiger partial charge >= 0.3 is 0 Å². The van der Waals surface area contributed by atoms with Crippen LogP contribution >= 0.6 is 0 Å². The Morgan fingerprint density at radius 3 is 2.47 bits per heavy atom. The summed E-state index contributed by atoms with van der Waals surface area (Å²) in [5, 5.41) is 19.6. The molecule has 0 saturated carbocycles. The Morgan fingerprint density at radius 2 is 1.68 bits per heavy atom. The van der Waals surface area contributed by atoms with Gasteiger partial charge in [-0.3, -0.25) is 19.7 Å². The molecule has 3 amide bonds. The summed E-state index contributed by atoms with van der Waals surface area (Å²) in [5.41, 5.74) is 7.87. The molecular weight excluding hydrogens is 663 g/mol. The first-order valence-corrected chi connectivity index (χ1v) is 19.6. The lowest BCUT2D eigenvalue weighted by molar-refractivity contribution is -0.136. The first-order chi connectivity index (χ1) is 25.9. The smallest absolute Gasteiger partial charge is 0.255 e. The zero-order chi connectivity index (χ0) is 36.3. The van der Waals surface area contributed by atoms with Crippen molar-refractivity contribution < 1.29 is 19.5 Å². The Kier molecular flexibility index (Phi) is 10.4. The van der Waals surface area contributed by atoms with Crippen LogP contribution in [0, 0.1) is 17.8 Å². The number of imide groups is 1. The van der Waals surface area contributed by atoms with E-state index in [1.807, 2.05) is 30.3 Å². The van der Waals surface area contributed by atoms with Gasteiger partial charge in [0.25, 0.3) is 5.91 Å². The SMILES string of the molecule is O=C1CCC(N2Cc3cc(NCCNCCC4CCN(c5ccc([C@@H]6c7ccc(O)cc7CC[C@@H]6C6C=CC=CC6)cc5)CC4)ccc3C2=O)C(=O)N1. The number of hydrogen-bond acceptors (Lipinski definition) is 7. The average molecular weight is 714 g/mol. The Morgan fingerprint density at radius 1 is 0.830 bits per heavy atom. The standard InChI is InChI=1S/C44H51N5O4/c50-36-12-15-38-32(27-36)8-13-37(30-4-2-1-3-5-30)42(38)31-6-10-35(11-7-31)48-24-19-29(20-25-48)18-21-45-22-23-46-34-9-14-39-33(26-34)28-49(44(39)53)40-16-17-41(51)47-43(40)52/h1-4,6-7,9-12,14-15,26-27,29-30,37,40,42,45-46,50H,5,8,13,16-25,28H2,(H,47,51,52)/t30?,37-,40?,42+/m1/s1. The van der Waals surface area contributed by atoms with E-state index in [1.54, 1.807) is 4.90 Å². The van der Waals surface area contributed by atoms with Crippen LogP contribution < -0.4 is 20.9 Å². The molecule has 2 aliphatic carbocycles. The Labute approximate surface area is 312 Å². The number of amides is 3. The van der Waals surface area contributed by atoms with Crippen LogP contribution in [-0.4, -0.2) is 66.5 Å². The summed E-state index contributed by atoms with van der Waals surface area (Å²) in [7, 11) is 0. The van der Waals surface area contributed by atoms with Crippen LogP contribution in [0.3, 0.4) is 0 Å². The van der Waals surface area contributed by atoms with E-state index in [2.05, 4.69) is 75.5 Å². The Hall–Kier alpha value is -4.89. The molecule has 5 aliphatic rings. The number of anilines is 2. The number of hydrogen-bond donors (Lipinski definition) is 4. The van der Waals surface area contributed by atoms with Gasteiger partial charge in [-0.25, -0.2) is 0 Å².